The second-order valence-corrected chi connectivity index (χ2v) is 6.53. The average molecular weight is 312 g/mol. The molecule has 1 aromatic heterocycles. The first kappa shape index (κ1) is 15.7. The van der Waals surface area contributed by atoms with Crippen LogP contribution in [0.3, 0.4) is 0 Å². The normalized spacial score (nSPS) is 18.8. The van der Waals surface area contributed by atoms with Crippen LogP contribution in [0.1, 0.15) is 24.0 Å². The number of nitrogens with one attached hydrogen (secondary N) is 1. The average Bonchev–Trinajstić information content (AvgIpc) is 2.48. The van der Waals surface area contributed by atoms with E-state index in [1.165, 1.54) is 6.42 Å². The molecule has 0 saturated carbocycles. The molecule has 0 bridgehead atoms. The molecule has 1 aliphatic heterocycles. The molecule has 0 amide bonds. The van der Waals surface area contributed by atoms with Crippen molar-refractivity contribution >= 4 is 5.82 Å². The molecule has 0 unspecified atom stereocenters. The van der Waals surface area contributed by atoms with Crippen molar-refractivity contribution in [3.05, 3.63) is 35.4 Å². The molecule has 1 saturated heterocycles. The molecule has 1 aliphatic rings. The number of hydrogen-bond donors (Lipinski definition) is 2. The number of anilines is 1. The third-order valence-corrected chi connectivity index (χ3v) is 4.36. The summed E-state index contributed by atoms with van der Waals surface area (Å²) in [6, 6.07) is 8.08. The van der Waals surface area contributed by atoms with Crippen LogP contribution in [0.25, 0.3) is 11.3 Å². The molecule has 3 rings (SSSR count). The highest BCUT2D eigenvalue weighted by Gasteiger charge is 2.17. The van der Waals surface area contributed by atoms with Gasteiger partial charge in [0.25, 0.3) is 0 Å². The topological polar surface area (TPSA) is 61.3 Å². The first-order chi connectivity index (χ1) is 11.0. The van der Waals surface area contributed by atoms with Crippen LogP contribution in [0, 0.1) is 13.8 Å². The number of piperidine rings is 1. The Morgan fingerprint density at radius 2 is 2.04 bits per heavy atom. The van der Waals surface area contributed by atoms with Gasteiger partial charge in [-0.15, -0.1) is 10.2 Å². The number of aryl methyl sites for hydroxylation is 2. The molecular formula is C18H24N4O. The predicted molar refractivity (Wildman–Crippen MR) is 92.7 cm³/mol. The molecule has 1 fully saturated rings. The third-order valence-electron chi connectivity index (χ3n) is 4.36. The van der Waals surface area contributed by atoms with Gasteiger partial charge in [-0.25, -0.2) is 0 Å². The maximum absolute atomic E-state index is 10.2. The van der Waals surface area contributed by atoms with Crippen molar-refractivity contribution in [1.29, 1.82) is 0 Å². The zero-order valence-corrected chi connectivity index (χ0v) is 14.0. The van der Waals surface area contributed by atoms with Crippen molar-refractivity contribution in [3.63, 3.8) is 0 Å². The summed E-state index contributed by atoms with van der Waals surface area (Å²) in [5, 5.41) is 22.2. The highest BCUT2D eigenvalue weighted by molar-refractivity contribution is 5.71. The Hall–Kier alpha value is -2.14. The Morgan fingerprint density at radius 1 is 1.22 bits per heavy atom. The number of aromatic nitrogens is 2. The van der Waals surface area contributed by atoms with Gasteiger partial charge in [-0.05, 0) is 69.6 Å². The number of aromatic hydroxyl groups is 1. The van der Waals surface area contributed by atoms with E-state index in [0.29, 0.717) is 11.7 Å². The molecule has 5 nitrogen and oxygen atoms in total. The number of nitrogens with zero attached hydrogens (tertiary/aromatic N) is 3. The minimum absolute atomic E-state index is 0.256. The minimum Gasteiger partial charge on any atom is -0.507 e. The molecule has 1 atom stereocenters. The van der Waals surface area contributed by atoms with Crippen molar-refractivity contribution in [3.8, 4) is 17.0 Å². The maximum Gasteiger partial charge on any atom is 0.148 e. The SMILES string of the molecule is Cc1cc(C)c(-c2ccc(N[C@@H]3CCCN(C)C3)nn2)c(O)c1. The van der Waals surface area contributed by atoms with Crippen LogP contribution in [-0.4, -0.2) is 46.4 Å². The Balaban J connectivity index is 1.77. The fraction of sp³-hybridized carbons (Fsp3) is 0.444. The number of likely N-dealkylation sites (N-methyl/N-ethyl adjacent to an activating group) is 1. The largest absolute Gasteiger partial charge is 0.507 e. The Bertz CT molecular complexity index is 661. The fourth-order valence-electron chi connectivity index (χ4n) is 3.31. The summed E-state index contributed by atoms with van der Waals surface area (Å²) in [7, 11) is 2.14. The van der Waals surface area contributed by atoms with E-state index in [4.69, 9.17) is 0 Å². The van der Waals surface area contributed by atoms with Crippen LogP contribution in [0.4, 0.5) is 5.82 Å². The first-order valence-electron chi connectivity index (χ1n) is 8.12. The van der Waals surface area contributed by atoms with Crippen LogP contribution < -0.4 is 5.32 Å². The van der Waals surface area contributed by atoms with Crippen LogP contribution >= 0.6 is 0 Å². The summed E-state index contributed by atoms with van der Waals surface area (Å²) in [4.78, 5) is 2.33. The fourth-order valence-corrected chi connectivity index (χ4v) is 3.31. The number of benzene rings is 1. The van der Waals surface area contributed by atoms with E-state index in [9.17, 15) is 5.11 Å². The van der Waals surface area contributed by atoms with Gasteiger partial charge >= 0.3 is 0 Å². The zero-order valence-electron chi connectivity index (χ0n) is 14.0. The van der Waals surface area contributed by atoms with Crippen LogP contribution in [0.2, 0.25) is 0 Å². The predicted octanol–water partition coefficient (Wildman–Crippen LogP) is 2.97. The lowest BCUT2D eigenvalue weighted by molar-refractivity contribution is 0.260. The van der Waals surface area contributed by atoms with Gasteiger partial charge in [-0.3, -0.25) is 0 Å². The molecular weight excluding hydrogens is 288 g/mol. The highest BCUT2D eigenvalue weighted by atomic mass is 16.3. The molecule has 2 aromatic rings. The van der Waals surface area contributed by atoms with Crippen molar-refractivity contribution in [1.82, 2.24) is 15.1 Å². The number of phenolic OH excluding ortho intramolecular Hbond substituents is 1. The van der Waals surface area contributed by atoms with Gasteiger partial charge in [0.05, 0.1) is 5.69 Å². The Labute approximate surface area is 137 Å². The van der Waals surface area contributed by atoms with Crippen molar-refractivity contribution in [2.75, 3.05) is 25.5 Å². The van der Waals surface area contributed by atoms with E-state index in [1.807, 2.05) is 32.0 Å². The summed E-state index contributed by atoms with van der Waals surface area (Å²) in [5.74, 6) is 1.05. The molecule has 2 N–H and O–H groups in total. The van der Waals surface area contributed by atoms with E-state index in [0.717, 1.165) is 42.0 Å². The summed E-state index contributed by atoms with van der Waals surface area (Å²) >= 11 is 0. The van der Waals surface area contributed by atoms with E-state index < -0.39 is 0 Å². The van der Waals surface area contributed by atoms with E-state index in [2.05, 4.69) is 27.5 Å². The monoisotopic (exact) mass is 312 g/mol. The molecule has 1 aromatic carbocycles. The number of likely N-dealkylation sites (tertiary alicyclic amines) is 1. The van der Waals surface area contributed by atoms with E-state index in [-0.39, 0.29) is 5.75 Å². The van der Waals surface area contributed by atoms with Crippen molar-refractivity contribution in [2.45, 2.75) is 32.7 Å². The van der Waals surface area contributed by atoms with Crippen LogP contribution in [0.5, 0.6) is 5.75 Å². The molecule has 23 heavy (non-hydrogen) atoms. The molecule has 5 heteroatoms. The summed E-state index contributed by atoms with van der Waals surface area (Å²) < 4.78 is 0. The van der Waals surface area contributed by atoms with Crippen molar-refractivity contribution in [2.24, 2.45) is 0 Å². The lowest BCUT2D eigenvalue weighted by Gasteiger charge is -2.30. The summed E-state index contributed by atoms with van der Waals surface area (Å²) in [5.41, 5.74) is 3.50. The lowest BCUT2D eigenvalue weighted by Crippen LogP contribution is -2.39. The van der Waals surface area contributed by atoms with Gasteiger partial charge in [0.15, 0.2) is 0 Å². The maximum atomic E-state index is 10.2. The quantitative estimate of drug-likeness (QED) is 0.912. The zero-order chi connectivity index (χ0) is 16.4. The van der Waals surface area contributed by atoms with Gasteiger partial charge in [0.2, 0.25) is 0 Å². The van der Waals surface area contributed by atoms with Gasteiger partial charge in [0.1, 0.15) is 11.6 Å². The lowest BCUT2D eigenvalue weighted by atomic mass is 10.0. The molecule has 0 spiro atoms. The van der Waals surface area contributed by atoms with Crippen LogP contribution in [-0.2, 0) is 0 Å². The van der Waals surface area contributed by atoms with E-state index in [1.54, 1.807) is 6.07 Å². The standard InChI is InChI=1S/C18H24N4O/c1-12-9-13(2)18(16(23)10-12)15-6-7-17(21-20-15)19-14-5-4-8-22(3)11-14/h6-7,9-10,14,23H,4-5,8,11H2,1-3H3,(H,19,21)/t14-/m1/s1. The third kappa shape index (κ3) is 3.62. The smallest absolute Gasteiger partial charge is 0.148 e. The number of phenols is 1. The van der Waals surface area contributed by atoms with Crippen molar-refractivity contribution < 1.29 is 5.11 Å². The summed E-state index contributed by atoms with van der Waals surface area (Å²) in [6.45, 7) is 6.14. The van der Waals surface area contributed by atoms with E-state index >= 15 is 0 Å². The molecule has 122 valence electrons. The second kappa shape index (κ2) is 6.54. The minimum atomic E-state index is 0.256. The molecule has 0 aliphatic carbocycles. The second-order valence-electron chi connectivity index (χ2n) is 6.53. The van der Waals surface area contributed by atoms with Gasteiger partial charge in [-0.2, -0.15) is 0 Å². The molecule has 0 radical (unpaired) electrons. The van der Waals surface area contributed by atoms with Gasteiger partial charge < -0.3 is 15.3 Å². The Morgan fingerprint density at radius 3 is 2.70 bits per heavy atom. The van der Waals surface area contributed by atoms with Gasteiger partial charge in [-0.1, -0.05) is 6.07 Å². The molecule has 2 heterocycles. The van der Waals surface area contributed by atoms with Gasteiger partial charge in [0, 0.05) is 18.2 Å². The number of hydrogen-bond acceptors (Lipinski definition) is 5. The highest BCUT2D eigenvalue weighted by Crippen LogP contribution is 2.32. The number of rotatable bonds is 3. The Kier molecular flexibility index (Phi) is 4.48. The first-order valence-corrected chi connectivity index (χ1v) is 8.12. The van der Waals surface area contributed by atoms with Crippen LogP contribution in [0.15, 0.2) is 24.3 Å². The summed E-state index contributed by atoms with van der Waals surface area (Å²) in [6.07, 6.45) is 2.36.